The van der Waals surface area contributed by atoms with Gasteiger partial charge in [0.15, 0.2) is 0 Å². The quantitative estimate of drug-likeness (QED) is 0.480. The molecular weight excluding hydrogens is 432 g/mol. The molecule has 1 N–H and O–H groups in total. The summed E-state index contributed by atoms with van der Waals surface area (Å²) in [6.07, 6.45) is 1.61. The summed E-state index contributed by atoms with van der Waals surface area (Å²) >= 11 is 0. The van der Waals surface area contributed by atoms with Gasteiger partial charge in [-0.05, 0) is 44.2 Å². The maximum Gasteiger partial charge on any atom is 0.309 e. The highest BCUT2D eigenvalue weighted by Crippen LogP contribution is 2.24. The first-order valence-electron chi connectivity index (χ1n) is 11.8. The summed E-state index contributed by atoms with van der Waals surface area (Å²) in [7, 11) is 0. The predicted octanol–water partition coefficient (Wildman–Crippen LogP) is 4.39. The van der Waals surface area contributed by atoms with Gasteiger partial charge >= 0.3 is 5.97 Å². The number of carbonyl (C=O) groups is 2. The number of nitrogens with zero attached hydrogens (tertiary/aromatic N) is 2. The number of hydrogen-bond donors (Lipinski definition) is 1. The lowest BCUT2D eigenvalue weighted by atomic mass is 10.0. The number of benzene rings is 2. The highest BCUT2D eigenvalue weighted by atomic mass is 16.5. The van der Waals surface area contributed by atoms with E-state index in [1.165, 1.54) is 4.90 Å². The van der Waals surface area contributed by atoms with Crippen LogP contribution >= 0.6 is 0 Å². The first-order valence-corrected chi connectivity index (χ1v) is 11.3. The molecule has 1 amide bonds. The Hall–Kier alpha value is -3.58. The first kappa shape index (κ1) is 22.2. The molecule has 0 unspecified atom stereocenters. The van der Waals surface area contributed by atoms with E-state index in [2.05, 4.69) is 0 Å². The lowest BCUT2D eigenvalue weighted by Crippen LogP contribution is -2.51. The van der Waals surface area contributed by atoms with E-state index in [1.807, 2.05) is 53.4 Å². The number of aliphatic carboxylic acids is 1. The van der Waals surface area contributed by atoms with Crippen LogP contribution in [0.15, 0.2) is 71.3 Å². The van der Waals surface area contributed by atoms with Crippen molar-refractivity contribution in [1.29, 1.82) is 0 Å². The van der Waals surface area contributed by atoms with Crippen LogP contribution in [0.3, 0.4) is 0 Å². The molecule has 1 aromatic heterocycles. The number of furan rings is 1. The highest BCUT2D eigenvalue weighted by Gasteiger charge is 2.32. The fraction of sp³-hybridized carbons (Fsp3) is 0.333. The summed E-state index contributed by atoms with van der Waals surface area (Å²) in [4.78, 5) is 28.0. The summed E-state index contributed by atoms with van der Waals surface area (Å²) in [6, 6.07) is 17.2. The molecule has 34 heavy (non-hydrogen) atoms. The van der Waals surface area contributed by atoms with Gasteiger partial charge in [-0.3, -0.25) is 14.5 Å². The van der Waals surface area contributed by atoms with Crippen molar-refractivity contribution in [2.75, 3.05) is 26.2 Å². The van der Waals surface area contributed by atoms with Gasteiger partial charge in [0.2, 0.25) is 0 Å². The van der Waals surface area contributed by atoms with Crippen LogP contribution < -0.4 is 4.74 Å². The zero-order valence-electron chi connectivity index (χ0n) is 20.4. The highest BCUT2D eigenvalue weighted by molar-refractivity contribution is 5.94. The Balaban J connectivity index is 1.43. The monoisotopic (exact) mass is 463 g/mol. The third kappa shape index (κ3) is 5.48. The van der Waals surface area contributed by atoms with Gasteiger partial charge in [-0.2, -0.15) is 0 Å². The molecule has 0 aliphatic carbocycles. The Bertz CT molecular complexity index is 1150. The largest absolute Gasteiger partial charge is 0.492 e. The van der Waals surface area contributed by atoms with Gasteiger partial charge < -0.3 is 19.2 Å². The molecule has 1 saturated heterocycles. The summed E-state index contributed by atoms with van der Waals surface area (Å²) in [5.74, 6) is 0.0775. The molecule has 1 aliphatic rings. The van der Waals surface area contributed by atoms with Gasteiger partial charge in [0.05, 0.1) is 13.6 Å². The molecule has 7 nitrogen and oxygen atoms in total. The van der Waals surface area contributed by atoms with Crippen LogP contribution in [-0.4, -0.2) is 59.0 Å². The van der Waals surface area contributed by atoms with Crippen molar-refractivity contribution in [3.05, 3.63) is 78.1 Å². The number of carbonyl (C=O) groups excluding carboxylic acids is 1. The molecule has 0 spiro atoms. The van der Waals surface area contributed by atoms with Crippen molar-refractivity contribution >= 4 is 11.9 Å². The van der Waals surface area contributed by atoms with E-state index in [4.69, 9.17) is 15.6 Å². The van der Waals surface area contributed by atoms with Crippen molar-refractivity contribution < 1.29 is 25.2 Å². The molecule has 1 aliphatic heterocycles. The standard InChI is InChI=1S/C27H30N2O5/c1-19(2)29(26(30)21-11-9-20(10-12-21)24-8-5-14-33-24)18-22-6-3-4-7-25(22)34-15-13-28-16-23(17-28)27(31)32/h3-12,14,19,23H,13,15-18H2,1-2H3,(H,31,32)/i19D. The number of ether oxygens (including phenoxy) is 1. The van der Waals surface area contributed by atoms with Crippen LogP contribution in [0.5, 0.6) is 5.75 Å². The number of para-hydroxylation sites is 1. The topological polar surface area (TPSA) is 83.2 Å². The Morgan fingerprint density at radius 1 is 1.15 bits per heavy atom. The smallest absolute Gasteiger partial charge is 0.309 e. The average Bonchev–Trinajstić information content (AvgIpc) is 3.33. The summed E-state index contributed by atoms with van der Waals surface area (Å²) < 4.78 is 20.0. The second-order valence-electron chi connectivity index (χ2n) is 8.64. The third-order valence-corrected chi connectivity index (χ3v) is 6.00. The molecule has 178 valence electrons. The van der Waals surface area contributed by atoms with Crippen LogP contribution in [0.25, 0.3) is 11.3 Å². The Morgan fingerprint density at radius 2 is 1.88 bits per heavy atom. The maximum absolute atomic E-state index is 13.4. The van der Waals surface area contributed by atoms with Crippen LogP contribution in [0.4, 0.5) is 0 Å². The van der Waals surface area contributed by atoms with Gasteiger partial charge in [-0.25, -0.2) is 0 Å². The van der Waals surface area contributed by atoms with Crippen LogP contribution in [-0.2, 0) is 11.3 Å². The Morgan fingerprint density at radius 3 is 2.53 bits per heavy atom. The minimum Gasteiger partial charge on any atom is -0.492 e. The van der Waals surface area contributed by atoms with Crippen LogP contribution in [0, 0.1) is 5.92 Å². The molecule has 7 heteroatoms. The summed E-state index contributed by atoms with van der Waals surface area (Å²) in [6.45, 7) is 5.71. The van der Waals surface area contributed by atoms with Crippen LogP contribution in [0.2, 0.25) is 0 Å². The molecule has 2 aromatic carbocycles. The number of rotatable bonds is 10. The van der Waals surface area contributed by atoms with Gasteiger partial charge in [-0.1, -0.05) is 30.3 Å². The normalized spacial score (nSPS) is 14.8. The van der Waals surface area contributed by atoms with E-state index in [1.54, 1.807) is 32.2 Å². The molecule has 3 aromatic rings. The fourth-order valence-corrected chi connectivity index (χ4v) is 3.95. The van der Waals surface area contributed by atoms with E-state index < -0.39 is 12.0 Å². The zero-order valence-corrected chi connectivity index (χ0v) is 19.4. The number of carboxylic acid groups (broad SMARTS) is 1. The Labute approximate surface area is 201 Å². The maximum atomic E-state index is 13.4. The second-order valence-corrected chi connectivity index (χ2v) is 8.64. The zero-order chi connectivity index (χ0) is 25.0. The minimum absolute atomic E-state index is 0.218. The third-order valence-electron chi connectivity index (χ3n) is 6.00. The van der Waals surface area contributed by atoms with E-state index in [0.29, 0.717) is 37.6 Å². The number of carboxylic acids is 1. The number of hydrogen-bond acceptors (Lipinski definition) is 5. The summed E-state index contributed by atoms with van der Waals surface area (Å²) in [5.41, 5.74) is 2.17. The van der Waals surface area contributed by atoms with E-state index >= 15 is 0 Å². The van der Waals surface area contributed by atoms with Crippen molar-refractivity contribution in [3.63, 3.8) is 0 Å². The lowest BCUT2D eigenvalue weighted by molar-refractivity contribution is -0.147. The van der Waals surface area contributed by atoms with E-state index in [-0.39, 0.29) is 18.4 Å². The minimum atomic E-state index is -1.16. The van der Waals surface area contributed by atoms with Crippen LogP contribution in [0.1, 0.15) is 31.1 Å². The van der Waals surface area contributed by atoms with Gasteiger partial charge in [0.1, 0.15) is 18.1 Å². The van der Waals surface area contributed by atoms with E-state index in [9.17, 15) is 9.59 Å². The molecule has 0 atom stereocenters. The van der Waals surface area contributed by atoms with Gasteiger partial charge in [0.25, 0.3) is 5.91 Å². The SMILES string of the molecule is [2H]C(C)(C)N(Cc1ccccc1OCCN1CC(C(=O)O)C1)C(=O)c1ccc(-c2ccco2)cc1. The molecule has 0 saturated carbocycles. The lowest BCUT2D eigenvalue weighted by Gasteiger charge is -2.36. The van der Waals surface area contributed by atoms with Crippen molar-refractivity contribution in [3.8, 4) is 17.1 Å². The second kappa shape index (κ2) is 10.6. The predicted molar refractivity (Wildman–Crippen MR) is 129 cm³/mol. The average molecular weight is 464 g/mol. The number of likely N-dealkylation sites (tertiary alicyclic amines) is 1. The molecule has 2 heterocycles. The van der Waals surface area contributed by atoms with E-state index in [0.717, 1.165) is 16.9 Å². The summed E-state index contributed by atoms with van der Waals surface area (Å²) in [5, 5.41) is 9.01. The molecule has 4 rings (SSSR count). The van der Waals surface area contributed by atoms with Crippen molar-refractivity contribution in [2.45, 2.75) is 26.4 Å². The molecular formula is C27H30N2O5. The fourth-order valence-electron chi connectivity index (χ4n) is 3.95. The molecule has 1 fully saturated rings. The van der Waals surface area contributed by atoms with Crippen molar-refractivity contribution in [1.82, 2.24) is 9.80 Å². The van der Waals surface area contributed by atoms with Crippen molar-refractivity contribution in [2.24, 2.45) is 5.92 Å². The van der Waals surface area contributed by atoms with Gasteiger partial charge in [-0.15, -0.1) is 0 Å². The number of amides is 1. The molecule has 0 radical (unpaired) electrons. The Kier molecular flexibility index (Phi) is 6.91. The molecule has 0 bridgehead atoms. The first-order chi connectivity index (χ1) is 16.7. The van der Waals surface area contributed by atoms with Gasteiger partial charge in [0, 0.05) is 48.9 Å².